The summed E-state index contributed by atoms with van der Waals surface area (Å²) in [7, 11) is 0. The van der Waals surface area contributed by atoms with Crippen molar-refractivity contribution in [2.24, 2.45) is 5.92 Å². The molecule has 1 aromatic heterocycles. The third-order valence-corrected chi connectivity index (χ3v) is 5.58. The molecule has 0 saturated carbocycles. The zero-order valence-corrected chi connectivity index (χ0v) is 15.5. The summed E-state index contributed by atoms with van der Waals surface area (Å²) in [5, 5.41) is 0. The van der Waals surface area contributed by atoms with Crippen molar-refractivity contribution >= 4 is 17.4 Å². The van der Waals surface area contributed by atoms with Crippen molar-refractivity contribution in [3.8, 4) is 0 Å². The van der Waals surface area contributed by atoms with E-state index in [0.29, 0.717) is 24.3 Å². The number of amides is 1. The number of rotatable bonds is 4. The maximum absolute atomic E-state index is 12.9. The van der Waals surface area contributed by atoms with E-state index in [-0.39, 0.29) is 17.6 Å². The molecule has 2 fully saturated rings. The average Bonchev–Trinajstić information content (AvgIpc) is 3.28. The molecule has 0 unspecified atom stereocenters. The van der Waals surface area contributed by atoms with Gasteiger partial charge in [-0.1, -0.05) is 6.07 Å². The van der Waals surface area contributed by atoms with Crippen LogP contribution in [0.25, 0.3) is 0 Å². The standard InChI is InChI=1S/C22H25N3O2/c26-21(20-7-1-2-12-23-20)18-6-5-15-25(16-18)22(27)17-8-10-19(11-9-17)24-13-3-4-14-24/h1-2,7-12,18H,3-6,13-16H2/t18-/m1/s1. The molecule has 4 rings (SSSR count). The number of carbonyl (C=O) groups excluding carboxylic acids is 2. The summed E-state index contributed by atoms with van der Waals surface area (Å²) in [4.78, 5) is 34.0. The third kappa shape index (κ3) is 3.87. The number of anilines is 1. The van der Waals surface area contributed by atoms with E-state index in [0.717, 1.165) is 25.9 Å². The van der Waals surface area contributed by atoms with E-state index in [1.54, 1.807) is 18.3 Å². The van der Waals surface area contributed by atoms with Crippen LogP contribution in [-0.2, 0) is 0 Å². The highest BCUT2D eigenvalue weighted by Gasteiger charge is 2.30. The number of hydrogen-bond donors (Lipinski definition) is 0. The first-order valence-corrected chi connectivity index (χ1v) is 9.82. The Kier molecular flexibility index (Phi) is 5.19. The Morgan fingerprint density at radius 3 is 2.41 bits per heavy atom. The fourth-order valence-corrected chi connectivity index (χ4v) is 4.07. The normalized spacial score (nSPS) is 19.9. The summed E-state index contributed by atoms with van der Waals surface area (Å²) in [6, 6.07) is 13.3. The molecule has 1 amide bonds. The van der Waals surface area contributed by atoms with Crippen LogP contribution in [0.4, 0.5) is 5.69 Å². The van der Waals surface area contributed by atoms with Gasteiger partial charge in [-0.2, -0.15) is 0 Å². The third-order valence-electron chi connectivity index (χ3n) is 5.58. The molecule has 2 saturated heterocycles. The number of Topliss-reactive ketones (excluding diaryl/α,β-unsaturated/α-hetero) is 1. The lowest BCUT2D eigenvalue weighted by molar-refractivity contribution is 0.0635. The van der Waals surface area contributed by atoms with Gasteiger partial charge in [0.25, 0.3) is 5.91 Å². The number of likely N-dealkylation sites (tertiary alicyclic amines) is 1. The van der Waals surface area contributed by atoms with Crippen LogP contribution in [0.2, 0.25) is 0 Å². The lowest BCUT2D eigenvalue weighted by Gasteiger charge is -2.32. The van der Waals surface area contributed by atoms with E-state index in [1.807, 2.05) is 35.2 Å². The van der Waals surface area contributed by atoms with Crippen molar-refractivity contribution in [1.29, 1.82) is 0 Å². The molecule has 0 aliphatic carbocycles. The molecule has 1 aromatic carbocycles. The Morgan fingerprint density at radius 2 is 1.70 bits per heavy atom. The number of piperidine rings is 1. The summed E-state index contributed by atoms with van der Waals surface area (Å²) in [6.07, 6.45) is 5.77. The Hall–Kier alpha value is -2.69. The van der Waals surface area contributed by atoms with E-state index in [9.17, 15) is 9.59 Å². The van der Waals surface area contributed by atoms with Crippen molar-refractivity contribution in [2.75, 3.05) is 31.1 Å². The van der Waals surface area contributed by atoms with Gasteiger partial charge in [-0.05, 0) is 62.1 Å². The number of carbonyl (C=O) groups is 2. The number of aromatic nitrogens is 1. The summed E-state index contributed by atoms with van der Waals surface area (Å²) in [6.45, 7) is 3.37. The average molecular weight is 363 g/mol. The van der Waals surface area contributed by atoms with Crippen molar-refractivity contribution in [3.63, 3.8) is 0 Å². The van der Waals surface area contributed by atoms with E-state index >= 15 is 0 Å². The predicted octanol–water partition coefficient (Wildman–Crippen LogP) is 3.42. The molecule has 27 heavy (non-hydrogen) atoms. The smallest absolute Gasteiger partial charge is 0.253 e. The molecular formula is C22H25N3O2. The van der Waals surface area contributed by atoms with Gasteiger partial charge in [0, 0.05) is 49.5 Å². The second-order valence-electron chi connectivity index (χ2n) is 7.41. The van der Waals surface area contributed by atoms with Gasteiger partial charge in [0.1, 0.15) is 5.69 Å². The molecule has 0 radical (unpaired) electrons. The molecule has 0 N–H and O–H groups in total. The van der Waals surface area contributed by atoms with Gasteiger partial charge < -0.3 is 9.80 Å². The van der Waals surface area contributed by atoms with Crippen LogP contribution in [0.1, 0.15) is 46.5 Å². The van der Waals surface area contributed by atoms with Crippen molar-refractivity contribution in [2.45, 2.75) is 25.7 Å². The number of ketones is 1. The summed E-state index contributed by atoms with van der Waals surface area (Å²) in [5.74, 6) is -0.111. The first-order chi connectivity index (χ1) is 13.2. The Labute approximate surface area is 160 Å². The fourth-order valence-electron chi connectivity index (χ4n) is 4.07. The first-order valence-electron chi connectivity index (χ1n) is 9.82. The maximum atomic E-state index is 12.9. The second-order valence-corrected chi connectivity index (χ2v) is 7.41. The van der Waals surface area contributed by atoms with E-state index in [1.165, 1.54) is 18.5 Å². The van der Waals surface area contributed by atoms with Gasteiger partial charge >= 0.3 is 0 Å². The van der Waals surface area contributed by atoms with Crippen molar-refractivity contribution in [3.05, 3.63) is 59.9 Å². The highest BCUT2D eigenvalue weighted by Crippen LogP contribution is 2.24. The SMILES string of the molecule is O=C(c1ccccn1)[C@@H]1CCCN(C(=O)c2ccc(N3CCCC3)cc2)C1. The Bertz CT molecular complexity index is 798. The molecular weight excluding hydrogens is 338 g/mol. The van der Waals surface area contributed by atoms with Gasteiger partial charge in [-0.25, -0.2) is 0 Å². The zero-order valence-electron chi connectivity index (χ0n) is 15.5. The van der Waals surface area contributed by atoms with E-state index < -0.39 is 0 Å². The molecule has 2 aliphatic heterocycles. The second kappa shape index (κ2) is 7.91. The topological polar surface area (TPSA) is 53.5 Å². The largest absolute Gasteiger partial charge is 0.372 e. The van der Waals surface area contributed by atoms with Crippen LogP contribution >= 0.6 is 0 Å². The van der Waals surface area contributed by atoms with Crippen molar-refractivity contribution in [1.82, 2.24) is 9.88 Å². The van der Waals surface area contributed by atoms with Crippen LogP contribution in [0, 0.1) is 5.92 Å². The van der Waals surface area contributed by atoms with Crippen LogP contribution < -0.4 is 4.90 Å². The molecule has 5 heteroatoms. The molecule has 5 nitrogen and oxygen atoms in total. The number of nitrogens with zero attached hydrogens (tertiary/aromatic N) is 3. The number of pyridine rings is 1. The van der Waals surface area contributed by atoms with Gasteiger partial charge in [-0.15, -0.1) is 0 Å². The molecule has 0 bridgehead atoms. The van der Waals surface area contributed by atoms with Gasteiger partial charge in [0.05, 0.1) is 0 Å². The summed E-state index contributed by atoms with van der Waals surface area (Å²) in [5.41, 5.74) is 2.38. The number of hydrogen-bond acceptors (Lipinski definition) is 4. The first kappa shape index (κ1) is 17.7. The summed E-state index contributed by atoms with van der Waals surface area (Å²) >= 11 is 0. The Balaban J connectivity index is 1.43. The minimum Gasteiger partial charge on any atom is -0.372 e. The molecule has 0 spiro atoms. The predicted molar refractivity (Wildman–Crippen MR) is 105 cm³/mol. The van der Waals surface area contributed by atoms with Crippen molar-refractivity contribution < 1.29 is 9.59 Å². The number of benzene rings is 1. The maximum Gasteiger partial charge on any atom is 0.253 e. The highest BCUT2D eigenvalue weighted by molar-refractivity contribution is 5.98. The van der Waals surface area contributed by atoms with Crippen LogP contribution in [0.5, 0.6) is 0 Å². The molecule has 2 aliphatic rings. The zero-order chi connectivity index (χ0) is 18.6. The van der Waals surface area contributed by atoms with E-state index in [2.05, 4.69) is 9.88 Å². The quantitative estimate of drug-likeness (QED) is 0.781. The van der Waals surface area contributed by atoms with Crippen LogP contribution in [0.15, 0.2) is 48.7 Å². The monoisotopic (exact) mass is 363 g/mol. The highest BCUT2D eigenvalue weighted by atomic mass is 16.2. The molecule has 1 atom stereocenters. The minimum atomic E-state index is -0.165. The molecule has 2 aromatic rings. The Morgan fingerprint density at radius 1 is 0.926 bits per heavy atom. The van der Waals surface area contributed by atoms with Gasteiger partial charge in [0.2, 0.25) is 0 Å². The molecule has 3 heterocycles. The fraction of sp³-hybridized carbons (Fsp3) is 0.409. The molecule has 140 valence electrons. The lowest BCUT2D eigenvalue weighted by Crippen LogP contribution is -2.42. The van der Waals surface area contributed by atoms with Crippen LogP contribution in [-0.4, -0.2) is 47.8 Å². The van der Waals surface area contributed by atoms with E-state index in [4.69, 9.17) is 0 Å². The van der Waals surface area contributed by atoms with Crippen LogP contribution in [0.3, 0.4) is 0 Å². The van der Waals surface area contributed by atoms with Gasteiger partial charge in [0.15, 0.2) is 5.78 Å². The van der Waals surface area contributed by atoms with Gasteiger partial charge in [-0.3, -0.25) is 14.6 Å². The minimum absolute atomic E-state index is 0.0153. The summed E-state index contributed by atoms with van der Waals surface area (Å²) < 4.78 is 0. The lowest BCUT2D eigenvalue weighted by atomic mass is 9.91.